The summed E-state index contributed by atoms with van der Waals surface area (Å²) < 4.78 is 0. The van der Waals surface area contributed by atoms with E-state index in [0.29, 0.717) is 0 Å². The zero-order valence-corrected chi connectivity index (χ0v) is 7.76. The van der Waals surface area contributed by atoms with E-state index in [1.807, 2.05) is 0 Å². The van der Waals surface area contributed by atoms with E-state index < -0.39 is 0 Å². The van der Waals surface area contributed by atoms with Gasteiger partial charge in [0.25, 0.3) is 0 Å². The minimum absolute atomic E-state index is 1.33. The van der Waals surface area contributed by atoms with Gasteiger partial charge in [-0.25, -0.2) is 0 Å². The van der Waals surface area contributed by atoms with Gasteiger partial charge in [-0.15, -0.1) is 23.5 Å². The Morgan fingerprint density at radius 1 is 0.800 bits per heavy atom. The minimum Gasteiger partial charge on any atom is -0.130 e. The van der Waals surface area contributed by atoms with Gasteiger partial charge in [-0.1, -0.05) is 0 Å². The number of benzene rings is 1. The molecule has 0 aliphatic heterocycles. The van der Waals surface area contributed by atoms with Crippen molar-refractivity contribution in [1.29, 1.82) is 0 Å². The van der Waals surface area contributed by atoms with Crippen LogP contribution in [0.1, 0.15) is 0 Å². The van der Waals surface area contributed by atoms with E-state index >= 15 is 0 Å². The van der Waals surface area contributed by atoms with Gasteiger partial charge in [0.1, 0.15) is 0 Å². The fraction of sp³-hybridized carbons (Fsp3) is 0.250. The molecule has 0 aromatic heterocycles. The smallest absolute Gasteiger partial charge is 0.00699 e. The maximum Gasteiger partial charge on any atom is 0.00699 e. The first-order valence-corrected chi connectivity index (χ1v) is 5.50. The second kappa shape index (κ2) is 3.94. The molecule has 1 aromatic carbocycles. The Morgan fingerprint density at radius 3 is 1.30 bits per heavy atom. The molecule has 0 saturated carbocycles. The first-order chi connectivity index (χ1) is 4.86. The number of rotatable bonds is 2. The Kier molecular flexibility index (Phi) is 3.16. The van der Waals surface area contributed by atoms with Crippen molar-refractivity contribution in [3.63, 3.8) is 0 Å². The summed E-state index contributed by atoms with van der Waals surface area (Å²) in [6, 6.07) is 8.60. The number of thioether (sulfide) groups is 2. The van der Waals surface area contributed by atoms with Crippen molar-refractivity contribution in [1.82, 2.24) is 0 Å². The van der Waals surface area contributed by atoms with Crippen molar-refractivity contribution in [2.45, 2.75) is 9.79 Å². The van der Waals surface area contributed by atoms with Crippen LogP contribution in [0.3, 0.4) is 0 Å². The summed E-state index contributed by atoms with van der Waals surface area (Å²) in [5, 5.41) is 0. The monoisotopic (exact) mass is 170 g/mol. The van der Waals surface area contributed by atoms with Crippen LogP contribution in [0.4, 0.5) is 0 Å². The van der Waals surface area contributed by atoms with Crippen LogP contribution in [0.2, 0.25) is 0 Å². The van der Waals surface area contributed by atoms with Gasteiger partial charge in [-0.3, -0.25) is 0 Å². The van der Waals surface area contributed by atoms with Crippen molar-refractivity contribution >= 4 is 23.5 Å². The summed E-state index contributed by atoms with van der Waals surface area (Å²) in [5.41, 5.74) is 0. The molecule has 0 amide bonds. The molecule has 0 fully saturated rings. The van der Waals surface area contributed by atoms with E-state index in [1.165, 1.54) is 9.79 Å². The number of hydrogen-bond acceptors (Lipinski definition) is 2. The predicted molar refractivity (Wildman–Crippen MR) is 50.0 cm³/mol. The van der Waals surface area contributed by atoms with Crippen LogP contribution in [0.5, 0.6) is 0 Å². The first-order valence-electron chi connectivity index (χ1n) is 3.05. The summed E-state index contributed by atoms with van der Waals surface area (Å²) in [5.74, 6) is 0. The van der Waals surface area contributed by atoms with Crippen molar-refractivity contribution in [2.75, 3.05) is 12.5 Å². The van der Waals surface area contributed by atoms with Crippen LogP contribution in [-0.4, -0.2) is 12.5 Å². The Bertz CT molecular complexity index is 168. The van der Waals surface area contributed by atoms with E-state index in [0.717, 1.165) is 0 Å². The average molecular weight is 170 g/mol. The molecule has 0 saturated heterocycles. The highest BCUT2D eigenvalue weighted by Crippen LogP contribution is 2.19. The molecule has 0 aliphatic rings. The summed E-state index contributed by atoms with van der Waals surface area (Å²) in [6.45, 7) is 0. The Balaban J connectivity index is 2.80. The molecule has 0 spiro atoms. The van der Waals surface area contributed by atoms with Crippen LogP contribution in [-0.2, 0) is 0 Å². The fourth-order valence-electron chi connectivity index (χ4n) is 0.712. The van der Waals surface area contributed by atoms with Gasteiger partial charge in [-0.05, 0) is 36.8 Å². The van der Waals surface area contributed by atoms with Crippen LogP contribution in [0.15, 0.2) is 34.1 Å². The van der Waals surface area contributed by atoms with E-state index in [9.17, 15) is 0 Å². The SMILES string of the molecule is CSc1ccc(SC)cc1. The van der Waals surface area contributed by atoms with E-state index in [2.05, 4.69) is 36.8 Å². The van der Waals surface area contributed by atoms with Gasteiger partial charge >= 0.3 is 0 Å². The van der Waals surface area contributed by atoms with E-state index in [-0.39, 0.29) is 0 Å². The average Bonchev–Trinajstić information content (AvgIpc) is 2.05. The molecule has 1 aromatic rings. The molecule has 54 valence electrons. The molecule has 2 heteroatoms. The molecule has 0 aliphatic carbocycles. The first kappa shape index (κ1) is 8.02. The third-order valence-corrected chi connectivity index (χ3v) is 2.78. The van der Waals surface area contributed by atoms with Gasteiger partial charge in [-0.2, -0.15) is 0 Å². The maximum atomic E-state index is 2.15. The van der Waals surface area contributed by atoms with Crippen LogP contribution >= 0.6 is 23.5 Å². The maximum absolute atomic E-state index is 2.15. The minimum atomic E-state index is 1.33. The molecule has 0 atom stereocenters. The standard InChI is InChI=1S/C8H10S2/c1-9-7-3-5-8(10-2)6-4-7/h3-6H,1-2H3. The molecule has 1 rings (SSSR count). The van der Waals surface area contributed by atoms with E-state index in [1.54, 1.807) is 23.5 Å². The highest BCUT2D eigenvalue weighted by molar-refractivity contribution is 7.99. The Hall–Kier alpha value is -0.0800. The topological polar surface area (TPSA) is 0 Å². The molecule has 0 bridgehead atoms. The van der Waals surface area contributed by atoms with Crippen LogP contribution in [0.25, 0.3) is 0 Å². The second-order valence-corrected chi connectivity index (χ2v) is 3.64. The summed E-state index contributed by atoms with van der Waals surface area (Å²) in [6.07, 6.45) is 4.18. The lowest BCUT2D eigenvalue weighted by Crippen LogP contribution is -1.69. The molecule has 0 N–H and O–H groups in total. The molecule has 0 unspecified atom stereocenters. The van der Waals surface area contributed by atoms with Crippen LogP contribution in [0, 0.1) is 0 Å². The molecule has 0 radical (unpaired) electrons. The number of hydrogen-bond donors (Lipinski definition) is 0. The third kappa shape index (κ3) is 1.96. The van der Waals surface area contributed by atoms with Crippen molar-refractivity contribution in [3.8, 4) is 0 Å². The van der Waals surface area contributed by atoms with E-state index in [4.69, 9.17) is 0 Å². The van der Waals surface area contributed by atoms with Gasteiger partial charge in [0.05, 0.1) is 0 Å². The summed E-state index contributed by atoms with van der Waals surface area (Å²) in [7, 11) is 0. The lowest BCUT2D eigenvalue weighted by Gasteiger charge is -1.96. The van der Waals surface area contributed by atoms with Crippen molar-refractivity contribution in [2.24, 2.45) is 0 Å². The Morgan fingerprint density at radius 2 is 1.10 bits per heavy atom. The zero-order valence-electron chi connectivity index (χ0n) is 6.13. The lowest BCUT2D eigenvalue weighted by molar-refractivity contribution is 1.36. The van der Waals surface area contributed by atoms with Crippen molar-refractivity contribution in [3.05, 3.63) is 24.3 Å². The molecular formula is C8H10S2. The third-order valence-electron chi connectivity index (χ3n) is 1.30. The van der Waals surface area contributed by atoms with Crippen LogP contribution < -0.4 is 0 Å². The highest BCUT2D eigenvalue weighted by Gasteiger charge is 1.89. The molecular weight excluding hydrogens is 160 g/mol. The largest absolute Gasteiger partial charge is 0.130 e. The predicted octanol–water partition coefficient (Wildman–Crippen LogP) is 3.13. The molecule has 0 heterocycles. The normalized spacial score (nSPS) is 9.80. The fourth-order valence-corrected chi connectivity index (χ4v) is 1.53. The summed E-state index contributed by atoms with van der Waals surface area (Å²) in [4.78, 5) is 2.66. The molecule has 0 nitrogen and oxygen atoms in total. The van der Waals surface area contributed by atoms with Gasteiger partial charge in [0, 0.05) is 9.79 Å². The van der Waals surface area contributed by atoms with Gasteiger partial charge < -0.3 is 0 Å². The quantitative estimate of drug-likeness (QED) is 0.625. The van der Waals surface area contributed by atoms with Crippen molar-refractivity contribution < 1.29 is 0 Å². The Labute approximate surface area is 70.4 Å². The molecule has 10 heavy (non-hydrogen) atoms. The second-order valence-electron chi connectivity index (χ2n) is 1.88. The summed E-state index contributed by atoms with van der Waals surface area (Å²) >= 11 is 3.56. The van der Waals surface area contributed by atoms with Gasteiger partial charge in [0.2, 0.25) is 0 Å². The zero-order chi connectivity index (χ0) is 7.40. The highest BCUT2D eigenvalue weighted by atomic mass is 32.2. The van der Waals surface area contributed by atoms with Gasteiger partial charge in [0.15, 0.2) is 0 Å². The lowest BCUT2D eigenvalue weighted by atomic mass is 10.4.